The normalized spacial score (nSPS) is 17.2. The molecule has 0 amide bonds. The molecule has 7 rings (SSSR count). The highest BCUT2D eigenvalue weighted by atomic mass is 32.1. The van der Waals surface area contributed by atoms with Gasteiger partial charge in [-0.2, -0.15) is 28.4 Å². The summed E-state index contributed by atoms with van der Waals surface area (Å²) in [6.07, 6.45) is -2.37. The number of nitrogens with two attached hydrogens (primary N) is 2. The van der Waals surface area contributed by atoms with Gasteiger partial charge >= 0.3 is 12.2 Å². The smallest absolute Gasteiger partial charge is 0.420 e. The van der Waals surface area contributed by atoms with E-state index in [1.54, 1.807) is 24.0 Å². The molecule has 0 radical (unpaired) electrons. The lowest BCUT2D eigenvalue weighted by molar-refractivity contribution is -0.138. The summed E-state index contributed by atoms with van der Waals surface area (Å²) in [4.78, 5) is 17.0. The van der Waals surface area contributed by atoms with Crippen LogP contribution in [0.1, 0.15) is 49.4 Å². The van der Waals surface area contributed by atoms with Gasteiger partial charge < -0.3 is 25.8 Å². The number of nitriles is 1. The van der Waals surface area contributed by atoms with Crippen LogP contribution in [0.4, 0.5) is 47.4 Å². The zero-order valence-electron chi connectivity index (χ0n) is 28.6. The molecular formula is C35H33F7N8O2S. The molecule has 0 saturated carbocycles. The minimum atomic E-state index is -5.20. The van der Waals surface area contributed by atoms with E-state index in [0.29, 0.717) is 16.9 Å². The SMILES string of the molecule is CC(Oc1nc2c3c(c(C(F)(F)F)c(-c4ccc(F)c5sc(N)c(C#N)c45)c(F)c3n1)OCCN2[C@H](C)c1cccnc1N)C1CCCN1C.FCF. The molecule has 3 atom stereocenters. The van der Waals surface area contributed by atoms with Gasteiger partial charge in [-0.3, -0.25) is 4.90 Å². The Morgan fingerprint density at radius 1 is 1.11 bits per heavy atom. The third-order valence-electron chi connectivity index (χ3n) is 9.53. The lowest BCUT2D eigenvalue weighted by atomic mass is 9.91. The molecule has 3 aromatic heterocycles. The molecule has 1 saturated heterocycles. The Labute approximate surface area is 302 Å². The molecule has 0 bridgehead atoms. The first-order chi connectivity index (χ1) is 25.2. The highest BCUT2D eigenvalue weighted by molar-refractivity contribution is 7.23. The number of alkyl halides is 5. The first-order valence-electron chi connectivity index (χ1n) is 16.4. The highest BCUT2D eigenvalue weighted by Gasteiger charge is 2.44. The number of likely N-dealkylation sites (N-methyl/N-ethyl adjacent to an activating group) is 1. The van der Waals surface area contributed by atoms with Crippen molar-refractivity contribution >= 4 is 49.0 Å². The number of ether oxygens (including phenoxy) is 2. The maximum Gasteiger partial charge on any atom is 0.420 e. The molecule has 5 aromatic rings. The number of nitrogens with zero attached hydrogens (tertiary/aromatic N) is 6. The van der Waals surface area contributed by atoms with E-state index in [9.17, 15) is 14.0 Å². The van der Waals surface area contributed by atoms with Crippen LogP contribution in [0.25, 0.3) is 32.1 Å². The van der Waals surface area contributed by atoms with Gasteiger partial charge in [-0.05, 0) is 58.0 Å². The van der Waals surface area contributed by atoms with Gasteiger partial charge in [0.15, 0.2) is 5.82 Å². The van der Waals surface area contributed by atoms with Crippen molar-refractivity contribution in [2.45, 2.75) is 51.1 Å². The number of pyridine rings is 1. The van der Waals surface area contributed by atoms with Gasteiger partial charge in [0.2, 0.25) is 6.93 Å². The predicted molar refractivity (Wildman–Crippen MR) is 187 cm³/mol. The molecule has 53 heavy (non-hydrogen) atoms. The van der Waals surface area contributed by atoms with Gasteiger partial charge in [-0.15, -0.1) is 11.3 Å². The molecule has 280 valence electrons. The molecule has 0 aliphatic carbocycles. The Balaban J connectivity index is 0.00000155. The van der Waals surface area contributed by atoms with Crippen molar-refractivity contribution in [1.29, 1.82) is 5.26 Å². The lowest BCUT2D eigenvalue weighted by Gasteiger charge is -2.31. The average molecular weight is 763 g/mol. The summed E-state index contributed by atoms with van der Waals surface area (Å²) in [6, 6.07) is 6.30. The quantitative estimate of drug-likeness (QED) is 0.164. The molecule has 4 N–H and O–H groups in total. The van der Waals surface area contributed by atoms with E-state index in [1.165, 1.54) is 6.20 Å². The summed E-state index contributed by atoms with van der Waals surface area (Å²) in [5, 5.41) is 9.21. The highest BCUT2D eigenvalue weighted by Crippen LogP contribution is 2.54. The molecule has 2 aliphatic heterocycles. The molecule has 10 nitrogen and oxygen atoms in total. The molecule has 2 aromatic carbocycles. The fourth-order valence-corrected chi connectivity index (χ4v) is 8.10. The fraction of sp³-hybridized carbons (Fsp3) is 0.371. The average Bonchev–Trinajstić information content (AvgIpc) is 3.64. The van der Waals surface area contributed by atoms with Crippen LogP contribution in [-0.4, -0.2) is 65.7 Å². The molecule has 1 fully saturated rings. The van der Waals surface area contributed by atoms with Crippen molar-refractivity contribution < 1.29 is 40.2 Å². The number of aromatic nitrogens is 3. The fourth-order valence-electron chi connectivity index (χ4n) is 7.15. The van der Waals surface area contributed by atoms with Crippen molar-refractivity contribution in [2.75, 3.05) is 50.0 Å². The van der Waals surface area contributed by atoms with E-state index in [-0.39, 0.29) is 62.9 Å². The van der Waals surface area contributed by atoms with Crippen molar-refractivity contribution in [3.05, 3.63) is 58.8 Å². The van der Waals surface area contributed by atoms with Crippen LogP contribution in [0.2, 0.25) is 0 Å². The van der Waals surface area contributed by atoms with Crippen molar-refractivity contribution in [1.82, 2.24) is 19.9 Å². The summed E-state index contributed by atoms with van der Waals surface area (Å²) >= 11 is 0.686. The van der Waals surface area contributed by atoms with Crippen LogP contribution in [0.3, 0.4) is 0 Å². The first-order valence-corrected chi connectivity index (χ1v) is 17.2. The van der Waals surface area contributed by atoms with Gasteiger partial charge in [-0.25, -0.2) is 22.5 Å². The third-order valence-corrected chi connectivity index (χ3v) is 10.6. The van der Waals surface area contributed by atoms with Gasteiger partial charge in [-0.1, -0.05) is 12.1 Å². The summed E-state index contributed by atoms with van der Waals surface area (Å²) in [5.74, 6) is -2.77. The molecule has 2 unspecified atom stereocenters. The predicted octanol–water partition coefficient (Wildman–Crippen LogP) is 7.94. The largest absolute Gasteiger partial charge is 0.490 e. The number of benzene rings is 2. The zero-order valence-corrected chi connectivity index (χ0v) is 29.4. The molecule has 5 heterocycles. The Hall–Kier alpha value is -5.15. The van der Waals surface area contributed by atoms with Crippen molar-refractivity contribution in [3.8, 4) is 29.0 Å². The summed E-state index contributed by atoms with van der Waals surface area (Å²) < 4.78 is 110. The minimum absolute atomic E-state index is 0.00786. The summed E-state index contributed by atoms with van der Waals surface area (Å²) in [7, 11) is 1.96. The van der Waals surface area contributed by atoms with Gasteiger partial charge in [0.1, 0.15) is 58.1 Å². The number of nitrogen functional groups attached to an aromatic ring is 2. The van der Waals surface area contributed by atoms with E-state index in [0.717, 1.165) is 31.5 Å². The third kappa shape index (κ3) is 6.67. The van der Waals surface area contributed by atoms with Gasteiger partial charge in [0.05, 0.1) is 28.2 Å². The standard InChI is InChI=1S/C34H31F5N8O2S.CH2F2/c1-15(17-6-4-10-43-30(17)41)47-12-13-48-28-24-27(44-33(45-32(24)47)49-16(2)21-7-5-11-46(21)3)26(36)23(25(28)34(37,38)39)18-8-9-20(35)29-22(18)19(14-40)31(42)50-29;2-1-3/h4,6,8-10,15-16,21H,5,7,11-13,42H2,1-3H3,(H2,41,43);1H2/t15-,16?,21?;/m1./s1. The van der Waals surface area contributed by atoms with E-state index in [1.807, 2.05) is 20.0 Å². The second-order valence-electron chi connectivity index (χ2n) is 12.5. The second kappa shape index (κ2) is 14.7. The maximum atomic E-state index is 17.3. The number of hydrogen-bond acceptors (Lipinski definition) is 11. The topological polar surface area (TPSA) is 139 Å². The van der Waals surface area contributed by atoms with Crippen LogP contribution in [0.15, 0.2) is 30.5 Å². The Kier molecular flexibility index (Phi) is 10.4. The number of thiophene rings is 1. The number of likely N-dealkylation sites (tertiary alicyclic amines) is 1. The van der Waals surface area contributed by atoms with E-state index >= 15 is 22.0 Å². The summed E-state index contributed by atoms with van der Waals surface area (Å²) in [6.45, 7) is 2.46. The molecule has 2 aliphatic rings. The number of halogens is 7. The van der Waals surface area contributed by atoms with Crippen molar-refractivity contribution in [3.63, 3.8) is 0 Å². The van der Waals surface area contributed by atoms with E-state index < -0.39 is 64.8 Å². The maximum absolute atomic E-state index is 17.3. The van der Waals surface area contributed by atoms with E-state index in [4.69, 9.17) is 20.9 Å². The van der Waals surface area contributed by atoms with Gasteiger partial charge in [0.25, 0.3) is 0 Å². The minimum Gasteiger partial charge on any atom is -0.490 e. The van der Waals surface area contributed by atoms with Crippen LogP contribution in [0.5, 0.6) is 11.8 Å². The molecule has 18 heteroatoms. The lowest BCUT2D eigenvalue weighted by Crippen LogP contribution is -2.38. The number of rotatable bonds is 6. The molecular weight excluding hydrogens is 729 g/mol. The zero-order chi connectivity index (χ0) is 38.4. The molecule has 0 spiro atoms. The Morgan fingerprint density at radius 3 is 2.49 bits per heavy atom. The summed E-state index contributed by atoms with van der Waals surface area (Å²) in [5.41, 5.74) is 9.18. The van der Waals surface area contributed by atoms with Crippen LogP contribution >= 0.6 is 11.3 Å². The monoisotopic (exact) mass is 762 g/mol. The Morgan fingerprint density at radius 2 is 1.85 bits per heavy atom. The van der Waals surface area contributed by atoms with Crippen LogP contribution < -0.4 is 25.8 Å². The van der Waals surface area contributed by atoms with Crippen LogP contribution in [0, 0.1) is 23.0 Å². The number of fused-ring (bicyclic) bond motifs is 1. The first kappa shape index (κ1) is 37.6. The van der Waals surface area contributed by atoms with Crippen LogP contribution in [-0.2, 0) is 6.18 Å². The second-order valence-corrected chi connectivity index (χ2v) is 13.6. The Bertz CT molecular complexity index is 2230. The van der Waals surface area contributed by atoms with Gasteiger partial charge in [0, 0.05) is 28.8 Å². The van der Waals surface area contributed by atoms with Crippen molar-refractivity contribution in [2.24, 2.45) is 0 Å². The number of hydrogen-bond donors (Lipinski definition) is 2. The van der Waals surface area contributed by atoms with E-state index in [2.05, 4.69) is 19.9 Å². The number of anilines is 3.